The number of benzene rings is 1. The number of hydrogen-bond donors (Lipinski definition) is 0. The van der Waals surface area contributed by atoms with E-state index in [1.54, 1.807) is 35.4 Å². The monoisotopic (exact) mass is 405 g/mol. The standard InChI is InChI=1S/C19H27N5O3S/c1-5-19(2)26-15(12-17(25)23(3)4)11-16(27-19)13-28-18-20-21-22-24(18)14-9-7-6-8-10-14/h6-10,15-16H,5,11-13H2,1-4H3. The molecule has 3 atom stereocenters. The van der Waals surface area contributed by atoms with Crippen molar-refractivity contribution < 1.29 is 14.3 Å². The van der Waals surface area contributed by atoms with Crippen molar-refractivity contribution in [3.05, 3.63) is 30.3 Å². The molecule has 1 aromatic carbocycles. The zero-order valence-electron chi connectivity index (χ0n) is 16.7. The lowest BCUT2D eigenvalue weighted by molar-refractivity contribution is -0.305. The molecule has 0 saturated carbocycles. The van der Waals surface area contributed by atoms with E-state index in [1.165, 1.54) is 0 Å². The van der Waals surface area contributed by atoms with E-state index in [0.29, 0.717) is 30.2 Å². The molecule has 3 unspecified atom stereocenters. The van der Waals surface area contributed by atoms with Gasteiger partial charge in [0.05, 0.1) is 24.3 Å². The Bertz CT molecular complexity index is 785. The lowest BCUT2D eigenvalue weighted by atomic mass is 10.0. The normalized spacial score (nSPS) is 24.9. The molecule has 1 aromatic heterocycles. The van der Waals surface area contributed by atoms with Gasteiger partial charge in [0.1, 0.15) is 0 Å². The Kier molecular flexibility index (Phi) is 6.69. The van der Waals surface area contributed by atoms with E-state index >= 15 is 0 Å². The highest BCUT2D eigenvalue weighted by atomic mass is 32.2. The van der Waals surface area contributed by atoms with Crippen LogP contribution in [0.3, 0.4) is 0 Å². The van der Waals surface area contributed by atoms with E-state index < -0.39 is 5.79 Å². The van der Waals surface area contributed by atoms with E-state index in [1.807, 2.05) is 44.2 Å². The SMILES string of the molecule is CCC1(C)OC(CSc2nnnn2-c2ccccc2)CC(CC(=O)N(C)C)O1. The lowest BCUT2D eigenvalue weighted by Gasteiger charge is -2.42. The van der Waals surface area contributed by atoms with Crippen LogP contribution < -0.4 is 0 Å². The van der Waals surface area contributed by atoms with Gasteiger partial charge < -0.3 is 14.4 Å². The van der Waals surface area contributed by atoms with Crippen molar-refractivity contribution in [1.29, 1.82) is 0 Å². The molecule has 2 heterocycles. The van der Waals surface area contributed by atoms with Crippen LogP contribution in [0.2, 0.25) is 0 Å². The third-order valence-electron chi connectivity index (χ3n) is 4.74. The van der Waals surface area contributed by atoms with E-state index in [0.717, 1.165) is 5.69 Å². The van der Waals surface area contributed by atoms with Crippen LogP contribution in [0.5, 0.6) is 0 Å². The fraction of sp³-hybridized carbons (Fsp3) is 0.579. The maximum absolute atomic E-state index is 12.1. The van der Waals surface area contributed by atoms with Gasteiger partial charge in [-0.05, 0) is 35.9 Å². The van der Waals surface area contributed by atoms with Crippen LogP contribution >= 0.6 is 11.8 Å². The summed E-state index contributed by atoms with van der Waals surface area (Å²) in [5.41, 5.74) is 0.913. The van der Waals surface area contributed by atoms with Gasteiger partial charge >= 0.3 is 0 Å². The average Bonchev–Trinajstić information content (AvgIpc) is 3.15. The highest BCUT2D eigenvalue weighted by molar-refractivity contribution is 7.99. The molecule has 0 bridgehead atoms. The highest BCUT2D eigenvalue weighted by Crippen LogP contribution is 2.33. The Balaban J connectivity index is 1.66. The molecule has 8 nitrogen and oxygen atoms in total. The maximum atomic E-state index is 12.1. The number of hydrogen-bond acceptors (Lipinski definition) is 7. The zero-order chi connectivity index (χ0) is 20.1. The number of tetrazole rings is 1. The van der Waals surface area contributed by atoms with Crippen molar-refractivity contribution in [3.63, 3.8) is 0 Å². The number of nitrogens with zero attached hydrogens (tertiary/aromatic N) is 5. The second-order valence-corrected chi connectivity index (χ2v) is 8.20. The van der Waals surface area contributed by atoms with Crippen molar-refractivity contribution in [2.75, 3.05) is 19.8 Å². The van der Waals surface area contributed by atoms with Crippen LogP contribution in [-0.2, 0) is 14.3 Å². The smallest absolute Gasteiger partial charge is 0.224 e. The van der Waals surface area contributed by atoms with E-state index in [-0.39, 0.29) is 18.1 Å². The van der Waals surface area contributed by atoms with Gasteiger partial charge in [0.15, 0.2) is 5.79 Å². The molecular formula is C19H27N5O3S. The number of rotatable bonds is 7. The fourth-order valence-corrected chi connectivity index (χ4v) is 3.96. The summed E-state index contributed by atoms with van der Waals surface area (Å²) in [7, 11) is 3.52. The molecule has 9 heteroatoms. The minimum atomic E-state index is -0.688. The predicted octanol–water partition coefficient (Wildman–Crippen LogP) is 2.53. The molecule has 2 aromatic rings. The Labute approximate surface area is 169 Å². The summed E-state index contributed by atoms with van der Waals surface area (Å²) in [6.07, 6.45) is 1.51. The fourth-order valence-electron chi connectivity index (χ4n) is 3.06. The van der Waals surface area contributed by atoms with Gasteiger partial charge in [-0.2, -0.15) is 4.68 Å². The van der Waals surface area contributed by atoms with Gasteiger partial charge in [0.2, 0.25) is 11.1 Å². The molecule has 1 fully saturated rings. The number of carbonyl (C=O) groups is 1. The number of carbonyl (C=O) groups excluding carboxylic acids is 1. The molecule has 0 radical (unpaired) electrons. The number of thioether (sulfide) groups is 1. The van der Waals surface area contributed by atoms with Gasteiger partial charge in [-0.15, -0.1) is 5.10 Å². The number of aromatic nitrogens is 4. The average molecular weight is 406 g/mol. The molecule has 1 amide bonds. The van der Waals surface area contributed by atoms with Crippen LogP contribution in [0.25, 0.3) is 5.69 Å². The van der Waals surface area contributed by atoms with Crippen molar-refractivity contribution in [2.45, 2.75) is 56.3 Å². The number of amides is 1. The van der Waals surface area contributed by atoms with Crippen LogP contribution in [0.15, 0.2) is 35.5 Å². The lowest BCUT2D eigenvalue weighted by Crippen LogP contribution is -2.48. The van der Waals surface area contributed by atoms with Crippen molar-refractivity contribution in [2.24, 2.45) is 0 Å². The van der Waals surface area contributed by atoms with Crippen molar-refractivity contribution >= 4 is 17.7 Å². The minimum absolute atomic E-state index is 0.0513. The second-order valence-electron chi connectivity index (χ2n) is 7.21. The largest absolute Gasteiger partial charge is 0.349 e. The van der Waals surface area contributed by atoms with Crippen molar-refractivity contribution in [1.82, 2.24) is 25.1 Å². The van der Waals surface area contributed by atoms with E-state index in [2.05, 4.69) is 15.5 Å². The molecule has 1 saturated heterocycles. The quantitative estimate of drug-likeness (QED) is 0.655. The van der Waals surface area contributed by atoms with Crippen LogP contribution in [0.4, 0.5) is 0 Å². The molecular weight excluding hydrogens is 378 g/mol. The summed E-state index contributed by atoms with van der Waals surface area (Å²) >= 11 is 1.54. The molecule has 1 aliphatic heterocycles. The summed E-state index contributed by atoms with van der Waals surface area (Å²) < 4.78 is 14.0. The number of para-hydroxylation sites is 1. The molecule has 152 valence electrons. The zero-order valence-corrected chi connectivity index (χ0v) is 17.6. The highest BCUT2D eigenvalue weighted by Gasteiger charge is 2.38. The Morgan fingerprint density at radius 3 is 2.68 bits per heavy atom. The Morgan fingerprint density at radius 1 is 1.29 bits per heavy atom. The van der Waals surface area contributed by atoms with Gasteiger partial charge in [-0.3, -0.25) is 4.79 Å². The molecule has 0 spiro atoms. The van der Waals surface area contributed by atoms with Crippen LogP contribution in [0, 0.1) is 0 Å². The third kappa shape index (κ3) is 5.09. The minimum Gasteiger partial charge on any atom is -0.349 e. The third-order valence-corrected chi connectivity index (χ3v) is 5.79. The van der Waals surface area contributed by atoms with Gasteiger partial charge in [0.25, 0.3) is 0 Å². The van der Waals surface area contributed by atoms with Crippen molar-refractivity contribution in [3.8, 4) is 5.69 Å². The van der Waals surface area contributed by atoms with Crippen LogP contribution in [-0.4, -0.2) is 68.9 Å². The van der Waals surface area contributed by atoms with Crippen LogP contribution in [0.1, 0.15) is 33.1 Å². The first-order chi connectivity index (χ1) is 13.4. The van der Waals surface area contributed by atoms with Gasteiger partial charge in [0, 0.05) is 26.3 Å². The number of ether oxygens (including phenoxy) is 2. The van der Waals surface area contributed by atoms with Gasteiger partial charge in [-0.25, -0.2) is 0 Å². The molecule has 28 heavy (non-hydrogen) atoms. The summed E-state index contributed by atoms with van der Waals surface area (Å²) in [5, 5.41) is 12.7. The summed E-state index contributed by atoms with van der Waals surface area (Å²) in [6.45, 7) is 3.96. The Hall–Kier alpha value is -1.97. The molecule has 0 aliphatic carbocycles. The second kappa shape index (κ2) is 9.02. The summed E-state index contributed by atoms with van der Waals surface area (Å²) in [5.74, 6) is 0.0510. The molecule has 3 rings (SSSR count). The van der Waals surface area contributed by atoms with E-state index in [4.69, 9.17) is 9.47 Å². The van der Waals surface area contributed by atoms with Gasteiger partial charge in [-0.1, -0.05) is 36.9 Å². The van der Waals surface area contributed by atoms with E-state index in [9.17, 15) is 4.79 Å². The summed E-state index contributed by atoms with van der Waals surface area (Å²) in [4.78, 5) is 13.7. The molecule has 0 N–H and O–H groups in total. The molecule has 1 aliphatic rings. The maximum Gasteiger partial charge on any atom is 0.224 e. The summed E-state index contributed by atoms with van der Waals surface area (Å²) in [6, 6.07) is 9.78. The first-order valence-corrected chi connectivity index (χ1v) is 10.4. The first-order valence-electron chi connectivity index (χ1n) is 9.42. The topological polar surface area (TPSA) is 82.4 Å². The Morgan fingerprint density at radius 2 is 2.00 bits per heavy atom. The first kappa shape index (κ1) is 20.8. The predicted molar refractivity (Wildman–Crippen MR) is 106 cm³/mol.